The number of anilines is 1. The molecule has 1 aliphatic carbocycles. The highest BCUT2D eigenvalue weighted by molar-refractivity contribution is 9.09. The summed E-state index contributed by atoms with van der Waals surface area (Å²) in [6.07, 6.45) is -0.267. The van der Waals surface area contributed by atoms with Crippen molar-refractivity contribution in [1.82, 2.24) is 0 Å². The Hall–Kier alpha value is -3.16. The van der Waals surface area contributed by atoms with Gasteiger partial charge in [-0.05, 0) is 46.7 Å². The van der Waals surface area contributed by atoms with Crippen LogP contribution in [-0.2, 0) is 25.4 Å². The molecule has 0 saturated carbocycles. The summed E-state index contributed by atoms with van der Waals surface area (Å²) in [5.74, 6) is -0.433. The van der Waals surface area contributed by atoms with Crippen molar-refractivity contribution in [1.29, 1.82) is 0 Å². The number of aryl methyl sites for hydroxylation is 1. The molecule has 1 aliphatic rings. The molecular formula is C27H26BrNO5. The van der Waals surface area contributed by atoms with Crippen LogP contribution in [0.1, 0.15) is 29.0 Å². The number of esters is 1. The van der Waals surface area contributed by atoms with Crippen LogP contribution in [0.2, 0.25) is 0 Å². The monoisotopic (exact) mass is 523 g/mol. The number of methoxy groups -OCH3 is 1. The Labute approximate surface area is 207 Å². The summed E-state index contributed by atoms with van der Waals surface area (Å²) in [4.78, 5) is 24.6. The molecule has 0 aromatic heterocycles. The highest BCUT2D eigenvalue weighted by Crippen LogP contribution is 2.44. The van der Waals surface area contributed by atoms with Crippen molar-refractivity contribution in [3.8, 4) is 11.1 Å². The summed E-state index contributed by atoms with van der Waals surface area (Å²) in [6.45, 7) is 0.242. The Balaban J connectivity index is 1.40. The van der Waals surface area contributed by atoms with E-state index in [0.717, 1.165) is 16.7 Å². The van der Waals surface area contributed by atoms with Gasteiger partial charge in [-0.3, -0.25) is 5.32 Å². The molecule has 4 rings (SSSR count). The third kappa shape index (κ3) is 5.32. The molecule has 3 aromatic rings. The molecule has 0 unspecified atom stereocenters. The zero-order valence-electron chi connectivity index (χ0n) is 18.8. The van der Waals surface area contributed by atoms with Crippen LogP contribution in [0.15, 0.2) is 72.8 Å². The topological polar surface area (TPSA) is 73.9 Å². The van der Waals surface area contributed by atoms with Crippen LogP contribution < -0.4 is 5.32 Å². The maximum absolute atomic E-state index is 12.7. The van der Waals surface area contributed by atoms with E-state index in [0.29, 0.717) is 18.5 Å². The van der Waals surface area contributed by atoms with Gasteiger partial charge in [-0.2, -0.15) is 0 Å². The van der Waals surface area contributed by atoms with Gasteiger partial charge < -0.3 is 14.2 Å². The number of amides is 1. The quantitative estimate of drug-likeness (QED) is 0.279. The van der Waals surface area contributed by atoms with E-state index < -0.39 is 18.2 Å². The van der Waals surface area contributed by atoms with Crippen molar-refractivity contribution >= 4 is 33.7 Å². The van der Waals surface area contributed by atoms with E-state index in [-0.39, 0.29) is 18.0 Å². The number of halogens is 1. The summed E-state index contributed by atoms with van der Waals surface area (Å²) in [5, 5.41) is 2.85. The number of rotatable bonds is 9. The number of benzene rings is 3. The van der Waals surface area contributed by atoms with Crippen LogP contribution in [0.5, 0.6) is 0 Å². The van der Waals surface area contributed by atoms with E-state index in [1.54, 1.807) is 0 Å². The standard InChI is InChI=1S/C27H26BrNO5/c1-32-26(30)25(34-17-28)15-14-18-8-2-7-13-24(18)29-27(31)33-16-23-21-11-5-3-9-19(21)20-10-4-6-12-22(20)23/h2-13,23,25H,14-17H2,1H3,(H,29,31)/t25-/m1/s1. The fourth-order valence-electron chi connectivity index (χ4n) is 4.37. The van der Waals surface area contributed by atoms with E-state index in [1.165, 1.54) is 18.2 Å². The van der Waals surface area contributed by atoms with Crippen LogP contribution in [0, 0.1) is 0 Å². The van der Waals surface area contributed by atoms with Gasteiger partial charge in [-0.15, -0.1) is 0 Å². The van der Waals surface area contributed by atoms with Crippen LogP contribution in [0.3, 0.4) is 0 Å². The van der Waals surface area contributed by atoms with E-state index in [2.05, 4.69) is 45.5 Å². The van der Waals surface area contributed by atoms with E-state index in [1.807, 2.05) is 48.5 Å². The van der Waals surface area contributed by atoms with Crippen LogP contribution in [0.25, 0.3) is 11.1 Å². The average Bonchev–Trinajstić information content (AvgIpc) is 3.19. The fraction of sp³-hybridized carbons (Fsp3) is 0.259. The maximum atomic E-state index is 12.7. The van der Waals surface area contributed by atoms with Gasteiger partial charge in [0.1, 0.15) is 12.1 Å². The van der Waals surface area contributed by atoms with Gasteiger partial charge in [-0.1, -0.05) is 82.7 Å². The molecule has 3 aromatic carbocycles. The van der Waals surface area contributed by atoms with Crippen LogP contribution in [-0.4, -0.2) is 37.4 Å². The maximum Gasteiger partial charge on any atom is 0.411 e. The average molecular weight is 524 g/mol. The molecule has 1 atom stereocenters. The number of hydrogen-bond donors (Lipinski definition) is 1. The predicted octanol–water partition coefficient (Wildman–Crippen LogP) is 5.89. The first kappa shape index (κ1) is 24.0. The number of carbonyl (C=O) groups is 2. The molecule has 0 heterocycles. The Kier molecular flexibility index (Phi) is 7.98. The molecular weight excluding hydrogens is 498 g/mol. The van der Waals surface area contributed by atoms with Gasteiger partial charge in [0.15, 0.2) is 6.10 Å². The summed E-state index contributed by atoms with van der Waals surface area (Å²) < 4.78 is 15.9. The molecule has 0 fully saturated rings. The van der Waals surface area contributed by atoms with Crippen molar-refractivity contribution in [3.05, 3.63) is 89.5 Å². The zero-order chi connectivity index (χ0) is 23.9. The Morgan fingerprint density at radius 3 is 2.21 bits per heavy atom. The van der Waals surface area contributed by atoms with Crippen LogP contribution >= 0.6 is 15.9 Å². The molecule has 0 saturated heterocycles. The highest BCUT2D eigenvalue weighted by atomic mass is 79.9. The second kappa shape index (κ2) is 11.3. The largest absolute Gasteiger partial charge is 0.467 e. The lowest BCUT2D eigenvalue weighted by atomic mass is 9.98. The van der Waals surface area contributed by atoms with Crippen molar-refractivity contribution < 1.29 is 23.8 Å². The normalized spacial score (nSPS) is 13.0. The van der Waals surface area contributed by atoms with Crippen LogP contribution in [0.4, 0.5) is 10.5 Å². The first-order chi connectivity index (χ1) is 16.6. The first-order valence-electron chi connectivity index (χ1n) is 11.1. The summed E-state index contributed by atoms with van der Waals surface area (Å²) in [7, 11) is 1.33. The lowest BCUT2D eigenvalue weighted by molar-refractivity contribution is -0.152. The number of para-hydroxylation sites is 1. The second-order valence-corrected chi connectivity index (χ2v) is 8.39. The highest BCUT2D eigenvalue weighted by Gasteiger charge is 2.29. The molecule has 0 spiro atoms. The lowest BCUT2D eigenvalue weighted by Crippen LogP contribution is -2.26. The van der Waals surface area contributed by atoms with E-state index in [4.69, 9.17) is 14.2 Å². The van der Waals surface area contributed by atoms with Gasteiger partial charge in [0.25, 0.3) is 0 Å². The van der Waals surface area contributed by atoms with Crippen molar-refractivity contribution in [2.45, 2.75) is 24.9 Å². The molecule has 0 bridgehead atoms. The summed E-state index contributed by atoms with van der Waals surface area (Å²) >= 11 is 3.18. The minimum Gasteiger partial charge on any atom is -0.467 e. The van der Waals surface area contributed by atoms with Gasteiger partial charge in [-0.25, -0.2) is 9.59 Å². The third-order valence-electron chi connectivity index (χ3n) is 6.00. The minimum atomic E-state index is -0.688. The Morgan fingerprint density at radius 2 is 1.56 bits per heavy atom. The number of ether oxygens (including phenoxy) is 3. The Morgan fingerprint density at radius 1 is 0.941 bits per heavy atom. The number of carbonyl (C=O) groups excluding carboxylic acids is 2. The molecule has 34 heavy (non-hydrogen) atoms. The first-order valence-corrected chi connectivity index (χ1v) is 12.2. The van der Waals surface area contributed by atoms with E-state index in [9.17, 15) is 9.59 Å². The third-order valence-corrected chi connectivity index (χ3v) is 6.27. The number of fused-ring (bicyclic) bond motifs is 3. The molecule has 176 valence electrons. The second-order valence-electron chi connectivity index (χ2n) is 7.93. The molecule has 7 heteroatoms. The summed E-state index contributed by atoms with van der Waals surface area (Å²) in [5.41, 5.74) is 6.44. The predicted molar refractivity (Wildman–Crippen MR) is 134 cm³/mol. The van der Waals surface area contributed by atoms with E-state index >= 15 is 0 Å². The summed E-state index contributed by atoms with van der Waals surface area (Å²) in [6, 6.07) is 23.9. The molecule has 1 N–H and O–H groups in total. The SMILES string of the molecule is COC(=O)[C@@H](CCc1ccccc1NC(=O)OCC1c2ccccc2-c2ccccc21)OCBr. The number of alkyl halides is 1. The van der Waals surface area contributed by atoms with Crippen molar-refractivity contribution in [2.75, 3.05) is 24.5 Å². The van der Waals surface area contributed by atoms with Gasteiger partial charge in [0.2, 0.25) is 0 Å². The lowest BCUT2D eigenvalue weighted by Gasteiger charge is -2.17. The van der Waals surface area contributed by atoms with Gasteiger partial charge in [0.05, 0.1) is 7.11 Å². The van der Waals surface area contributed by atoms with Gasteiger partial charge >= 0.3 is 12.1 Å². The fourth-order valence-corrected chi connectivity index (χ4v) is 4.69. The molecule has 1 amide bonds. The molecule has 0 radical (unpaired) electrons. The zero-order valence-corrected chi connectivity index (χ0v) is 20.4. The molecule has 0 aliphatic heterocycles. The Bertz CT molecular complexity index is 1120. The number of nitrogens with one attached hydrogen (secondary N) is 1. The number of hydrogen-bond acceptors (Lipinski definition) is 5. The van der Waals surface area contributed by atoms with Crippen molar-refractivity contribution in [2.24, 2.45) is 0 Å². The molecule has 6 nitrogen and oxygen atoms in total. The van der Waals surface area contributed by atoms with Gasteiger partial charge in [0, 0.05) is 11.6 Å². The minimum absolute atomic E-state index is 0.00407. The van der Waals surface area contributed by atoms with Crippen molar-refractivity contribution in [3.63, 3.8) is 0 Å². The smallest absolute Gasteiger partial charge is 0.411 e.